The fourth-order valence-electron chi connectivity index (χ4n) is 3.39. The highest BCUT2D eigenvalue weighted by Gasteiger charge is 2.45. The van der Waals surface area contributed by atoms with E-state index in [2.05, 4.69) is 0 Å². The van der Waals surface area contributed by atoms with Gasteiger partial charge in [0.2, 0.25) is 5.91 Å². The monoisotopic (exact) mass is 307 g/mol. The molecule has 0 bridgehead atoms. The van der Waals surface area contributed by atoms with Gasteiger partial charge in [0, 0.05) is 10.9 Å². The lowest BCUT2D eigenvalue weighted by atomic mass is 9.94. The number of carboxylic acid groups (broad SMARTS) is 1. The van der Waals surface area contributed by atoms with Crippen LogP contribution in [0, 0.1) is 17.8 Å². The topological polar surface area (TPSA) is 57.6 Å². The van der Waals surface area contributed by atoms with Gasteiger partial charge in [0.1, 0.15) is 0 Å². The highest BCUT2D eigenvalue weighted by molar-refractivity contribution is 7.09. The first-order valence-electron chi connectivity index (χ1n) is 7.62. The molecule has 0 aliphatic heterocycles. The number of nitrogens with zero attached hydrogens (tertiary/aromatic N) is 1. The predicted molar refractivity (Wildman–Crippen MR) is 80.9 cm³/mol. The van der Waals surface area contributed by atoms with Gasteiger partial charge in [-0.2, -0.15) is 0 Å². The van der Waals surface area contributed by atoms with Crippen LogP contribution in [-0.4, -0.2) is 27.9 Å². The lowest BCUT2D eigenvalue weighted by Gasteiger charge is -2.27. The zero-order valence-electron chi connectivity index (χ0n) is 12.2. The van der Waals surface area contributed by atoms with E-state index in [0.29, 0.717) is 31.3 Å². The largest absolute Gasteiger partial charge is 0.481 e. The number of thiophene rings is 1. The second kappa shape index (κ2) is 5.79. The van der Waals surface area contributed by atoms with Crippen LogP contribution in [0.1, 0.15) is 37.5 Å². The molecule has 21 heavy (non-hydrogen) atoms. The van der Waals surface area contributed by atoms with Crippen molar-refractivity contribution in [3.8, 4) is 0 Å². The predicted octanol–water partition coefficient (Wildman–Crippen LogP) is 2.99. The van der Waals surface area contributed by atoms with E-state index in [1.165, 1.54) is 4.88 Å². The van der Waals surface area contributed by atoms with Crippen LogP contribution in [0.2, 0.25) is 0 Å². The number of rotatable bonds is 5. The van der Waals surface area contributed by atoms with E-state index in [9.17, 15) is 14.7 Å². The third kappa shape index (κ3) is 3.12. The Labute approximate surface area is 128 Å². The van der Waals surface area contributed by atoms with Gasteiger partial charge in [-0.05, 0) is 43.0 Å². The SMILES string of the molecule is CC1C[C@H](C(=O)N(Cc2cccs2)C2CC2)[C@H](C(=O)O)C1. The van der Waals surface area contributed by atoms with Crippen molar-refractivity contribution in [2.45, 2.75) is 45.2 Å². The molecule has 4 nitrogen and oxygen atoms in total. The smallest absolute Gasteiger partial charge is 0.307 e. The Morgan fingerprint density at radius 1 is 1.33 bits per heavy atom. The van der Waals surface area contributed by atoms with Gasteiger partial charge in [0.05, 0.1) is 18.4 Å². The fourth-order valence-corrected chi connectivity index (χ4v) is 4.10. The fraction of sp³-hybridized carbons (Fsp3) is 0.625. The molecule has 3 atom stereocenters. The van der Waals surface area contributed by atoms with Crippen molar-refractivity contribution in [2.24, 2.45) is 17.8 Å². The molecule has 0 radical (unpaired) electrons. The number of hydrogen-bond acceptors (Lipinski definition) is 3. The van der Waals surface area contributed by atoms with E-state index in [-0.39, 0.29) is 11.8 Å². The highest BCUT2D eigenvalue weighted by atomic mass is 32.1. The van der Waals surface area contributed by atoms with Gasteiger partial charge < -0.3 is 10.0 Å². The maximum Gasteiger partial charge on any atom is 0.307 e. The minimum absolute atomic E-state index is 0.0580. The van der Waals surface area contributed by atoms with E-state index >= 15 is 0 Å². The van der Waals surface area contributed by atoms with E-state index in [0.717, 1.165) is 12.8 Å². The standard InChI is InChI=1S/C16H21NO3S/c1-10-7-13(14(8-10)16(19)20)15(18)17(11-4-5-11)9-12-3-2-6-21-12/h2-3,6,10-11,13-14H,4-5,7-9H2,1H3,(H,19,20)/t10?,13-,14+/m0/s1. The molecule has 2 saturated carbocycles. The van der Waals surface area contributed by atoms with Gasteiger partial charge in [-0.15, -0.1) is 11.3 Å². The maximum atomic E-state index is 12.9. The van der Waals surface area contributed by atoms with E-state index in [4.69, 9.17) is 0 Å². The van der Waals surface area contributed by atoms with E-state index in [1.807, 2.05) is 29.3 Å². The first kappa shape index (κ1) is 14.6. The summed E-state index contributed by atoms with van der Waals surface area (Å²) < 4.78 is 0. The van der Waals surface area contributed by atoms with Crippen LogP contribution in [0.25, 0.3) is 0 Å². The van der Waals surface area contributed by atoms with Crippen molar-refractivity contribution < 1.29 is 14.7 Å². The molecule has 114 valence electrons. The molecule has 5 heteroatoms. The van der Waals surface area contributed by atoms with Crippen LogP contribution in [0.15, 0.2) is 17.5 Å². The average molecular weight is 307 g/mol. The molecule has 1 aromatic heterocycles. The Morgan fingerprint density at radius 2 is 2.05 bits per heavy atom. The molecule has 2 aliphatic carbocycles. The summed E-state index contributed by atoms with van der Waals surface area (Å²) in [6.45, 7) is 2.68. The number of aliphatic carboxylic acids is 1. The number of carbonyl (C=O) groups is 2. The number of amides is 1. The zero-order valence-corrected chi connectivity index (χ0v) is 13.0. The molecule has 3 rings (SSSR count). The molecule has 1 N–H and O–H groups in total. The quantitative estimate of drug-likeness (QED) is 0.910. The highest BCUT2D eigenvalue weighted by Crippen LogP contribution is 2.40. The zero-order chi connectivity index (χ0) is 15.0. The summed E-state index contributed by atoms with van der Waals surface area (Å²) in [6, 6.07) is 4.36. The average Bonchev–Trinajstić information content (AvgIpc) is 2.99. The van der Waals surface area contributed by atoms with Crippen LogP contribution in [0.5, 0.6) is 0 Å². The van der Waals surface area contributed by atoms with E-state index in [1.54, 1.807) is 11.3 Å². The van der Waals surface area contributed by atoms with Crippen molar-refractivity contribution in [3.05, 3.63) is 22.4 Å². The van der Waals surface area contributed by atoms with Crippen LogP contribution < -0.4 is 0 Å². The van der Waals surface area contributed by atoms with Crippen molar-refractivity contribution in [3.63, 3.8) is 0 Å². The second-order valence-corrected chi connectivity index (χ2v) is 7.44. The minimum atomic E-state index is -0.815. The van der Waals surface area contributed by atoms with Crippen LogP contribution in [0.4, 0.5) is 0 Å². The lowest BCUT2D eigenvalue weighted by Crippen LogP contribution is -2.40. The lowest BCUT2D eigenvalue weighted by molar-refractivity contribution is -0.149. The Morgan fingerprint density at radius 3 is 2.62 bits per heavy atom. The Hall–Kier alpha value is -1.36. The molecule has 1 heterocycles. The molecular weight excluding hydrogens is 286 g/mol. The van der Waals surface area contributed by atoms with E-state index < -0.39 is 11.9 Å². The summed E-state index contributed by atoms with van der Waals surface area (Å²) in [5.41, 5.74) is 0. The van der Waals surface area contributed by atoms with Crippen molar-refractivity contribution in [1.82, 2.24) is 4.90 Å². The molecule has 0 saturated heterocycles. The first-order valence-corrected chi connectivity index (χ1v) is 8.50. The Balaban J connectivity index is 1.75. The maximum absolute atomic E-state index is 12.9. The number of carboxylic acids is 1. The van der Waals surface area contributed by atoms with Crippen molar-refractivity contribution >= 4 is 23.2 Å². The number of hydrogen-bond donors (Lipinski definition) is 1. The van der Waals surface area contributed by atoms with Crippen LogP contribution in [0.3, 0.4) is 0 Å². The third-order valence-electron chi connectivity index (χ3n) is 4.61. The Kier molecular flexibility index (Phi) is 4.02. The molecule has 2 aliphatic rings. The van der Waals surface area contributed by atoms with Gasteiger partial charge in [-0.1, -0.05) is 13.0 Å². The third-order valence-corrected chi connectivity index (χ3v) is 5.47. The number of carbonyl (C=O) groups excluding carboxylic acids is 1. The van der Waals surface area contributed by atoms with Crippen molar-refractivity contribution in [1.29, 1.82) is 0 Å². The molecule has 1 amide bonds. The van der Waals surface area contributed by atoms with Crippen LogP contribution in [-0.2, 0) is 16.1 Å². The molecule has 0 spiro atoms. The minimum Gasteiger partial charge on any atom is -0.481 e. The van der Waals surface area contributed by atoms with Crippen molar-refractivity contribution in [2.75, 3.05) is 0 Å². The van der Waals surface area contributed by atoms with Crippen LogP contribution >= 0.6 is 11.3 Å². The molecule has 1 unspecified atom stereocenters. The normalized spacial score (nSPS) is 28.5. The molecule has 2 fully saturated rings. The van der Waals surface area contributed by atoms with Gasteiger partial charge in [0.15, 0.2) is 0 Å². The molecule has 0 aromatic carbocycles. The van der Waals surface area contributed by atoms with Gasteiger partial charge in [-0.3, -0.25) is 9.59 Å². The van der Waals surface area contributed by atoms with Gasteiger partial charge in [-0.25, -0.2) is 0 Å². The summed E-state index contributed by atoms with van der Waals surface area (Å²) in [5, 5.41) is 11.4. The second-order valence-electron chi connectivity index (χ2n) is 6.40. The molecular formula is C16H21NO3S. The summed E-state index contributed by atoms with van der Waals surface area (Å²) in [7, 11) is 0. The Bertz CT molecular complexity index is 524. The summed E-state index contributed by atoms with van der Waals surface area (Å²) in [5.74, 6) is -1.27. The summed E-state index contributed by atoms with van der Waals surface area (Å²) in [6.07, 6.45) is 3.45. The summed E-state index contributed by atoms with van der Waals surface area (Å²) in [4.78, 5) is 27.4. The van der Waals surface area contributed by atoms with Gasteiger partial charge in [0.25, 0.3) is 0 Å². The summed E-state index contributed by atoms with van der Waals surface area (Å²) >= 11 is 1.65. The first-order chi connectivity index (χ1) is 10.1. The molecule has 1 aromatic rings. The van der Waals surface area contributed by atoms with Gasteiger partial charge >= 0.3 is 5.97 Å².